The molecule has 8 nitrogen and oxygen atoms in total. The number of aromatic nitrogens is 2. The number of hydrogen-bond donors (Lipinski definition) is 3. The van der Waals surface area contributed by atoms with E-state index in [9.17, 15) is 19.5 Å². The monoisotopic (exact) mass is 288 g/mol. The summed E-state index contributed by atoms with van der Waals surface area (Å²) >= 11 is 0. The van der Waals surface area contributed by atoms with Crippen molar-refractivity contribution in [3.8, 4) is 11.4 Å². The second kappa shape index (κ2) is 5.37. The molecule has 0 bridgehead atoms. The molecule has 2 aromatic heterocycles. The van der Waals surface area contributed by atoms with E-state index >= 15 is 0 Å². The Hall–Kier alpha value is -3.29. The fraction of sp³-hybridized carbons (Fsp3) is 0. The summed E-state index contributed by atoms with van der Waals surface area (Å²) in [7, 11) is 0. The van der Waals surface area contributed by atoms with Crippen LogP contribution < -0.4 is 0 Å². The normalized spacial score (nSPS) is 10.1. The molecular weight excluding hydrogens is 280 g/mol. The minimum absolute atomic E-state index is 0.0699. The molecule has 0 radical (unpaired) electrons. The molecule has 0 amide bonds. The van der Waals surface area contributed by atoms with Crippen LogP contribution in [0.3, 0.4) is 0 Å². The Morgan fingerprint density at radius 2 is 1.57 bits per heavy atom. The van der Waals surface area contributed by atoms with E-state index in [0.29, 0.717) is 0 Å². The first-order valence-electron chi connectivity index (χ1n) is 5.57. The summed E-state index contributed by atoms with van der Waals surface area (Å²) in [6, 6.07) is 3.57. The van der Waals surface area contributed by atoms with E-state index in [1.807, 2.05) is 0 Å². The largest absolute Gasteiger partial charge is 0.478 e. The van der Waals surface area contributed by atoms with E-state index in [1.54, 1.807) is 0 Å². The lowest BCUT2D eigenvalue weighted by Gasteiger charge is -2.07. The molecule has 106 valence electrons. The maximum atomic E-state index is 11.3. The topological polar surface area (TPSA) is 138 Å². The molecule has 2 heterocycles. The van der Waals surface area contributed by atoms with Crippen molar-refractivity contribution in [3.05, 3.63) is 47.3 Å². The van der Waals surface area contributed by atoms with Crippen LogP contribution in [0.25, 0.3) is 11.4 Å². The zero-order valence-corrected chi connectivity index (χ0v) is 10.3. The van der Waals surface area contributed by atoms with Crippen LogP contribution in [0.2, 0.25) is 0 Å². The second-order valence-electron chi connectivity index (χ2n) is 3.93. The van der Waals surface area contributed by atoms with Crippen LogP contribution in [0.5, 0.6) is 0 Å². The Morgan fingerprint density at radius 3 is 2.05 bits per heavy atom. The van der Waals surface area contributed by atoms with Gasteiger partial charge in [-0.15, -0.1) is 0 Å². The van der Waals surface area contributed by atoms with Gasteiger partial charge in [-0.2, -0.15) is 0 Å². The molecule has 0 fully saturated rings. The summed E-state index contributed by atoms with van der Waals surface area (Å²) in [4.78, 5) is 40.7. The molecule has 0 aliphatic carbocycles. The van der Waals surface area contributed by atoms with Crippen molar-refractivity contribution in [3.63, 3.8) is 0 Å². The van der Waals surface area contributed by atoms with Crippen LogP contribution in [0.1, 0.15) is 31.1 Å². The molecule has 0 saturated carbocycles. The maximum absolute atomic E-state index is 11.3. The van der Waals surface area contributed by atoms with Crippen LogP contribution in [-0.2, 0) is 0 Å². The minimum atomic E-state index is -1.46. The van der Waals surface area contributed by atoms with E-state index in [-0.39, 0.29) is 17.0 Å². The van der Waals surface area contributed by atoms with Gasteiger partial charge in [0.25, 0.3) is 0 Å². The van der Waals surface area contributed by atoms with Gasteiger partial charge in [-0.3, -0.25) is 9.97 Å². The van der Waals surface area contributed by atoms with Crippen LogP contribution in [-0.4, -0.2) is 43.2 Å². The molecule has 0 unspecified atom stereocenters. The van der Waals surface area contributed by atoms with E-state index < -0.39 is 29.0 Å². The zero-order chi connectivity index (χ0) is 15.6. The average Bonchev–Trinajstić information content (AvgIpc) is 2.46. The number of rotatable bonds is 4. The van der Waals surface area contributed by atoms with Crippen molar-refractivity contribution in [2.75, 3.05) is 0 Å². The first kappa shape index (κ1) is 14.1. The summed E-state index contributed by atoms with van der Waals surface area (Å²) in [5.74, 6) is -4.04. The number of carboxylic acid groups (broad SMARTS) is 3. The summed E-state index contributed by atoms with van der Waals surface area (Å²) < 4.78 is 0. The number of hydrogen-bond acceptors (Lipinski definition) is 5. The maximum Gasteiger partial charge on any atom is 0.338 e. The van der Waals surface area contributed by atoms with Crippen molar-refractivity contribution in [2.24, 2.45) is 0 Å². The molecule has 21 heavy (non-hydrogen) atoms. The molecule has 0 spiro atoms. The first-order valence-corrected chi connectivity index (χ1v) is 5.57. The van der Waals surface area contributed by atoms with Crippen LogP contribution >= 0.6 is 0 Å². The van der Waals surface area contributed by atoms with Gasteiger partial charge >= 0.3 is 17.9 Å². The number of aromatic carboxylic acids is 3. The first-order chi connectivity index (χ1) is 9.91. The van der Waals surface area contributed by atoms with Gasteiger partial charge in [-0.1, -0.05) is 0 Å². The van der Waals surface area contributed by atoms with Gasteiger partial charge in [0.15, 0.2) is 0 Å². The van der Waals surface area contributed by atoms with Crippen molar-refractivity contribution in [1.29, 1.82) is 0 Å². The third-order valence-corrected chi connectivity index (χ3v) is 2.65. The number of nitrogens with zero attached hydrogens (tertiary/aromatic N) is 2. The Balaban J connectivity index is 2.63. The summed E-state index contributed by atoms with van der Waals surface area (Å²) in [5.41, 5.74) is -1.07. The molecule has 0 atom stereocenters. The van der Waals surface area contributed by atoms with Gasteiger partial charge in [0.2, 0.25) is 0 Å². The fourth-order valence-corrected chi connectivity index (χ4v) is 1.71. The molecular formula is C13H8N2O6. The predicted molar refractivity (Wildman–Crippen MR) is 68.3 cm³/mol. The number of pyridine rings is 2. The smallest absolute Gasteiger partial charge is 0.338 e. The molecule has 2 rings (SSSR count). The van der Waals surface area contributed by atoms with E-state index in [1.165, 1.54) is 12.1 Å². The highest BCUT2D eigenvalue weighted by molar-refractivity contribution is 6.05. The summed E-state index contributed by atoms with van der Waals surface area (Å²) in [6.07, 6.45) is 2.19. The Labute approximate surface area is 117 Å². The Morgan fingerprint density at radius 1 is 0.857 bits per heavy atom. The highest BCUT2D eigenvalue weighted by Crippen LogP contribution is 2.23. The summed E-state index contributed by atoms with van der Waals surface area (Å²) in [5, 5.41) is 27.0. The van der Waals surface area contributed by atoms with Crippen molar-refractivity contribution < 1.29 is 29.7 Å². The Bertz CT molecular complexity index is 739. The highest BCUT2D eigenvalue weighted by atomic mass is 16.4. The third-order valence-electron chi connectivity index (χ3n) is 2.65. The van der Waals surface area contributed by atoms with Gasteiger partial charge in [0.1, 0.15) is 11.3 Å². The predicted octanol–water partition coefficient (Wildman–Crippen LogP) is 1.24. The number of carbonyl (C=O) groups is 3. The van der Waals surface area contributed by atoms with E-state index in [2.05, 4.69) is 9.97 Å². The molecule has 0 aliphatic rings. The molecule has 0 aromatic carbocycles. The van der Waals surface area contributed by atoms with Gasteiger partial charge in [-0.25, -0.2) is 14.4 Å². The quantitative estimate of drug-likeness (QED) is 0.763. The third kappa shape index (κ3) is 2.68. The summed E-state index contributed by atoms with van der Waals surface area (Å²) in [6.45, 7) is 0. The van der Waals surface area contributed by atoms with Gasteiger partial charge in [0, 0.05) is 12.4 Å². The molecule has 3 N–H and O–H groups in total. The number of carboxylic acids is 3. The fourth-order valence-electron chi connectivity index (χ4n) is 1.71. The molecule has 0 saturated heterocycles. The average molecular weight is 288 g/mol. The second-order valence-corrected chi connectivity index (χ2v) is 3.93. The van der Waals surface area contributed by atoms with Crippen LogP contribution in [0.4, 0.5) is 0 Å². The van der Waals surface area contributed by atoms with Crippen molar-refractivity contribution in [1.82, 2.24) is 9.97 Å². The lowest BCUT2D eigenvalue weighted by atomic mass is 10.0. The van der Waals surface area contributed by atoms with E-state index in [4.69, 9.17) is 10.2 Å². The lowest BCUT2D eigenvalue weighted by molar-refractivity contribution is 0.0651. The molecule has 0 aliphatic heterocycles. The van der Waals surface area contributed by atoms with Gasteiger partial charge < -0.3 is 15.3 Å². The molecule has 2 aromatic rings. The molecule has 8 heteroatoms. The van der Waals surface area contributed by atoms with Gasteiger partial charge in [-0.05, 0) is 18.2 Å². The SMILES string of the molecule is O=C(O)c1ccc(-c2nccc(C(=O)O)c2C(=O)O)nc1. The highest BCUT2D eigenvalue weighted by Gasteiger charge is 2.22. The van der Waals surface area contributed by atoms with Crippen molar-refractivity contribution >= 4 is 17.9 Å². The van der Waals surface area contributed by atoms with E-state index in [0.717, 1.165) is 18.5 Å². The Kier molecular flexibility index (Phi) is 3.61. The standard InChI is InChI=1S/C13H8N2O6/c16-11(17)6-1-2-8(15-5-6)10-9(13(20)21)7(12(18)19)3-4-14-10/h1-5H,(H,16,17)(H,18,19)(H,20,21). The van der Waals surface area contributed by atoms with Crippen LogP contribution in [0.15, 0.2) is 30.6 Å². The minimum Gasteiger partial charge on any atom is -0.478 e. The van der Waals surface area contributed by atoms with Crippen molar-refractivity contribution in [2.45, 2.75) is 0 Å². The van der Waals surface area contributed by atoms with Gasteiger partial charge in [0.05, 0.1) is 16.8 Å². The lowest BCUT2D eigenvalue weighted by Crippen LogP contribution is -2.11. The zero-order valence-electron chi connectivity index (χ0n) is 10.3. The van der Waals surface area contributed by atoms with Crippen LogP contribution in [0, 0.1) is 0 Å².